The first-order valence-corrected chi connectivity index (χ1v) is 9.50. The standard InChI is InChI=1S/C21H15N3O2S/c25-21-20-19(16-8-4-5-9-17(16)26-20)22-13-24(21)11-15-12-27-18(23-15)10-14-6-2-1-3-7-14/h1-9,12-13H,10-11H2. The number of hydrogen-bond donors (Lipinski definition) is 0. The van der Waals surface area contributed by atoms with Crippen molar-refractivity contribution in [1.82, 2.24) is 14.5 Å². The maximum atomic E-state index is 12.8. The fraction of sp³-hybridized carbons (Fsp3) is 0.0952. The van der Waals surface area contributed by atoms with Crippen molar-refractivity contribution < 1.29 is 4.42 Å². The van der Waals surface area contributed by atoms with Crippen LogP contribution in [0.5, 0.6) is 0 Å². The molecule has 5 nitrogen and oxygen atoms in total. The number of thiazole rings is 1. The molecule has 0 fully saturated rings. The van der Waals surface area contributed by atoms with Crippen LogP contribution in [0.2, 0.25) is 0 Å². The van der Waals surface area contributed by atoms with Gasteiger partial charge in [-0.05, 0) is 17.7 Å². The fourth-order valence-electron chi connectivity index (χ4n) is 3.18. The Kier molecular flexibility index (Phi) is 3.83. The van der Waals surface area contributed by atoms with Gasteiger partial charge in [0.05, 0.1) is 23.6 Å². The minimum absolute atomic E-state index is 0.186. The van der Waals surface area contributed by atoms with E-state index >= 15 is 0 Å². The molecule has 0 saturated carbocycles. The Balaban J connectivity index is 1.46. The molecular formula is C21H15N3O2S. The monoisotopic (exact) mass is 373 g/mol. The van der Waals surface area contributed by atoms with Gasteiger partial charge >= 0.3 is 0 Å². The normalized spacial score (nSPS) is 11.4. The Bertz CT molecular complexity index is 1300. The number of rotatable bonds is 4. The molecule has 2 aromatic carbocycles. The molecule has 0 aliphatic rings. The van der Waals surface area contributed by atoms with Crippen molar-refractivity contribution in [2.75, 3.05) is 0 Å². The number of furan rings is 1. The zero-order chi connectivity index (χ0) is 18.2. The Morgan fingerprint density at radius 3 is 2.74 bits per heavy atom. The van der Waals surface area contributed by atoms with Crippen molar-refractivity contribution in [3.05, 3.63) is 92.9 Å². The average Bonchev–Trinajstić information content (AvgIpc) is 3.29. The summed E-state index contributed by atoms with van der Waals surface area (Å²) in [7, 11) is 0. The van der Waals surface area contributed by atoms with E-state index in [1.807, 2.05) is 47.8 Å². The van der Waals surface area contributed by atoms with Crippen LogP contribution in [0.3, 0.4) is 0 Å². The number of nitrogens with zero attached hydrogens (tertiary/aromatic N) is 3. The van der Waals surface area contributed by atoms with Gasteiger partial charge in [-0.2, -0.15) is 0 Å². The summed E-state index contributed by atoms with van der Waals surface area (Å²) in [6.07, 6.45) is 2.37. The molecule has 0 spiro atoms. The predicted octanol–water partition coefficient (Wildman–Crippen LogP) is 4.24. The number of fused-ring (bicyclic) bond motifs is 3. The minimum atomic E-state index is -0.186. The summed E-state index contributed by atoms with van der Waals surface area (Å²) in [5, 5.41) is 3.88. The highest BCUT2D eigenvalue weighted by atomic mass is 32.1. The van der Waals surface area contributed by atoms with Crippen LogP contribution in [-0.4, -0.2) is 14.5 Å². The second kappa shape index (κ2) is 6.48. The Morgan fingerprint density at radius 2 is 1.85 bits per heavy atom. The van der Waals surface area contributed by atoms with E-state index in [0.717, 1.165) is 22.5 Å². The number of hydrogen-bond acceptors (Lipinski definition) is 5. The van der Waals surface area contributed by atoms with E-state index in [9.17, 15) is 4.79 Å². The van der Waals surface area contributed by atoms with Crippen molar-refractivity contribution >= 4 is 33.4 Å². The van der Waals surface area contributed by atoms with Gasteiger partial charge in [0.1, 0.15) is 11.1 Å². The van der Waals surface area contributed by atoms with Gasteiger partial charge in [0.2, 0.25) is 5.58 Å². The fourth-order valence-corrected chi connectivity index (χ4v) is 3.99. The highest BCUT2D eigenvalue weighted by molar-refractivity contribution is 7.09. The molecule has 3 heterocycles. The van der Waals surface area contributed by atoms with E-state index in [0.29, 0.717) is 23.2 Å². The molecule has 3 aromatic heterocycles. The van der Waals surface area contributed by atoms with Gasteiger partial charge < -0.3 is 4.42 Å². The van der Waals surface area contributed by atoms with Crippen LogP contribution in [0.1, 0.15) is 16.3 Å². The van der Waals surface area contributed by atoms with Gasteiger partial charge in [0.15, 0.2) is 0 Å². The highest BCUT2D eigenvalue weighted by Crippen LogP contribution is 2.24. The molecule has 5 aromatic rings. The zero-order valence-corrected chi connectivity index (χ0v) is 15.1. The number of aromatic nitrogens is 3. The molecule has 0 unspecified atom stereocenters. The maximum Gasteiger partial charge on any atom is 0.297 e. The third-order valence-electron chi connectivity index (χ3n) is 4.48. The van der Waals surface area contributed by atoms with Gasteiger partial charge in [-0.3, -0.25) is 9.36 Å². The van der Waals surface area contributed by atoms with Gasteiger partial charge in [-0.25, -0.2) is 9.97 Å². The summed E-state index contributed by atoms with van der Waals surface area (Å²) >= 11 is 1.61. The largest absolute Gasteiger partial charge is 0.448 e. The van der Waals surface area contributed by atoms with Crippen LogP contribution in [0.25, 0.3) is 22.1 Å². The molecule has 0 radical (unpaired) electrons. The Hall–Kier alpha value is -3.25. The average molecular weight is 373 g/mol. The van der Waals surface area contributed by atoms with E-state index in [1.54, 1.807) is 22.2 Å². The van der Waals surface area contributed by atoms with Gasteiger partial charge in [-0.1, -0.05) is 42.5 Å². The van der Waals surface area contributed by atoms with Crippen molar-refractivity contribution in [3.63, 3.8) is 0 Å². The highest BCUT2D eigenvalue weighted by Gasteiger charge is 2.14. The molecule has 27 heavy (non-hydrogen) atoms. The summed E-state index contributed by atoms with van der Waals surface area (Å²) in [5.74, 6) is 0. The first-order chi connectivity index (χ1) is 13.3. The minimum Gasteiger partial charge on any atom is -0.448 e. The molecule has 6 heteroatoms. The molecule has 0 N–H and O–H groups in total. The smallest absolute Gasteiger partial charge is 0.297 e. The maximum absolute atomic E-state index is 12.8. The van der Waals surface area contributed by atoms with E-state index in [4.69, 9.17) is 4.42 Å². The van der Waals surface area contributed by atoms with E-state index < -0.39 is 0 Å². The van der Waals surface area contributed by atoms with Gasteiger partial charge in [-0.15, -0.1) is 11.3 Å². The zero-order valence-electron chi connectivity index (χ0n) is 14.3. The Labute approximate surface area is 158 Å². The molecule has 0 amide bonds. The Morgan fingerprint density at radius 1 is 1.04 bits per heavy atom. The second-order valence-electron chi connectivity index (χ2n) is 6.35. The second-order valence-corrected chi connectivity index (χ2v) is 7.29. The van der Waals surface area contributed by atoms with Crippen LogP contribution in [0.15, 0.2) is 75.5 Å². The SMILES string of the molecule is O=c1c2oc3ccccc3c2ncn1Cc1csc(Cc2ccccc2)n1. The van der Waals surface area contributed by atoms with Crippen LogP contribution >= 0.6 is 11.3 Å². The molecule has 0 bridgehead atoms. The van der Waals surface area contributed by atoms with Crippen molar-refractivity contribution in [2.24, 2.45) is 0 Å². The number of benzene rings is 2. The molecule has 0 aliphatic carbocycles. The van der Waals surface area contributed by atoms with Gasteiger partial charge in [0.25, 0.3) is 5.56 Å². The molecule has 0 atom stereocenters. The first-order valence-electron chi connectivity index (χ1n) is 8.62. The van der Waals surface area contributed by atoms with Crippen molar-refractivity contribution in [3.8, 4) is 0 Å². The molecule has 132 valence electrons. The predicted molar refractivity (Wildman–Crippen MR) is 106 cm³/mol. The van der Waals surface area contributed by atoms with E-state index in [1.165, 1.54) is 5.56 Å². The van der Waals surface area contributed by atoms with Crippen molar-refractivity contribution in [2.45, 2.75) is 13.0 Å². The van der Waals surface area contributed by atoms with Gasteiger partial charge in [0, 0.05) is 17.2 Å². The summed E-state index contributed by atoms with van der Waals surface area (Å²) in [5.41, 5.74) is 3.46. The molecule has 0 saturated heterocycles. The quantitative estimate of drug-likeness (QED) is 0.473. The lowest BCUT2D eigenvalue weighted by Gasteiger charge is -2.02. The third-order valence-corrected chi connectivity index (χ3v) is 5.38. The van der Waals surface area contributed by atoms with Crippen LogP contribution < -0.4 is 5.56 Å². The van der Waals surface area contributed by atoms with E-state index in [2.05, 4.69) is 22.1 Å². The van der Waals surface area contributed by atoms with Crippen LogP contribution in [0, 0.1) is 0 Å². The lowest BCUT2D eigenvalue weighted by Crippen LogP contribution is -2.20. The molecule has 0 aliphatic heterocycles. The molecule has 5 rings (SSSR count). The summed E-state index contributed by atoms with van der Waals surface area (Å²) < 4.78 is 7.28. The summed E-state index contributed by atoms with van der Waals surface area (Å²) in [6.45, 7) is 0.379. The topological polar surface area (TPSA) is 60.9 Å². The van der Waals surface area contributed by atoms with Crippen molar-refractivity contribution in [1.29, 1.82) is 0 Å². The lowest BCUT2D eigenvalue weighted by molar-refractivity contribution is 0.640. The number of para-hydroxylation sites is 1. The summed E-state index contributed by atoms with van der Waals surface area (Å²) in [4.78, 5) is 21.9. The van der Waals surface area contributed by atoms with E-state index in [-0.39, 0.29) is 5.56 Å². The molecular weight excluding hydrogens is 358 g/mol. The van der Waals surface area contributed by atoms with Crippen LogP contribution in [0.4, 0.5) is 0 Å². The lowest BCUT2D eigenvalue weighted by atomic mass is 10.2. The third kappa shape index (κ3) is 2.94. The summed E-state index contributed by atoms with van der Waals surface area (Å²) in [6, 6.07) is 17.8. The first kappa shape index (κ1) is 16.0. The van der Waals surface area contributed by atoms with Crippen LogP contribution in [-0.2, 0) is 13.0 Å².